The minimum absolute atomic E-state index is 0.0107. The largest absolute Gasteiger partial charge is 0.481 e. The van der Waals surface area contributed by atoms with Gasteiger partial charge < -0.3 is 35.6 Å². The topological polar surface area (TPSA) is 128 Å². The van der Waals surface area contributed by atoms with Crippen molar-refractivity contribution >= 4 is 76.8 Å². The lowest BCUT2D eigenvalue weighted by atomic mass is 9.75. The zero-order valence-electron chi connectivity index (χ0n) is 31.6. The first kappa shape index (κ1) is 47.1. The van der Waals surface area contributed by atoms with Crippen LogP contribution in [0.15, 0.2) is 36.4 Å². The number of hydrogen-bond donors (Lipinski definition) is 4. The number of carboxylic acid groups (broad SMARTS) is 1. The van der Waals surface area contributed by atoms with Gasteiger partial charge in [-0.3, -0.25) is 9.59 Å². The average Bonchev–Trinajstić information content (AvgIpc) is 3.02. The van der Waals surface area contributed by atoms with Gasteiger partial charge in [-0.05, 0) is 94.5 Å². The van der Waals surface area contributed by atoms with Crippen molar-refractivity contribution in [2.45, 2.75) is 84.6 Å². The SMILES string of the molecule is CB(O)NCC(C)(CC(=O)OC(C)(C)C)c1ccc(N(CCCl)CCCl)cc1C.Cc1cc(N(CCCl)CCCl)ccc1C(C)(CN)CC(=O)O. The molecule has 2 aromatic rings. The molecule has 2 unspecified atom stereocenters. The van der Waals surface area contributed by atoms with Crippen molar-refractivity contribution in [2.75, 3.05) is 72.6 Å². The Hall–Kier alpha value is -1.92. The Morgan fingerprint density at radius 1 is 0.784 bits per heavy atom. The molecule has 0 saturated carbocycles. The Morgan fingerprint density at radius 2 is 1.20 bits per heavy atom. The molecule has 0 heterocycles. The molecule has 0 bridgehead atoms. The molecule has 0 radical (unpaired) electrons. The van der Waals surface area contributed by atoms with E-state index in [1.165, 1.54) is 0 Å². The van der Waals surface area contributed by atoms with Crippen LogP contribution in [-0.4, -0.2) is 97.5 Å². The minimum atomic E-state index is -0.845. The maximum absolute atomic E-state index is 12.6. The number of ether oxygens (including phenoxy) is 1. The lowest BCUT2D eigenvalue weighted by Crippen LogP contribution is -2.44. The van der Waals surface area contributed by atoms with Gasteiger partial charge in [-0.1, -0.05) is 26.0 Å². The number of rotatable bonds is 20. The maximum Gasteiger partial charge on any atom is 0.373 e. The van der Waals surface area contributed by atoms with Crippen LogP contribution in [-0.2, 0) is 25.2 Å². The van der Waals surface area contributed by atoms with Gasteiger partial charge in [-0.25, -0.2) is 0 Å². The fraction of sp³-hybridized carbons (Fsp3) is 0.622. The molecule has 0 aliphatic rings. The zero-order valence-corrected chi connectivity index (χ0v) is 34.7. The van der Waals surface area contributed by atoms with Gasteiger partial charge in [0, 0.05) is 78.4 Å². The number of nitrogens with two attached hydrogens (primary N) is 1. The molecule has 9 nitrogen and oxygen atoms in total. The number of anilines is 2. The molecule has 288 valence electrons. The third-order valence-electron chi connectivity index (χ3n) is 8.60. The third-order valence-corrected chi connectivity index (χ3v) is 9.28. The van der Waals surface area contributed by atoms with E-state index in [1.54, 1.807) is 6.82 Å². The lowest BCUT2D eigenvalue weighted by molar-refractivity contribution is -0.156. The van der Waals surface area contributed by atoms with E-state index in [-0.39, 0.29) is 25.4 Å². The Kier molecular flexibility index (Phi) is 20.6. The van der Waals surface area contributed by atoms with E-state index in [0.717, 1.165) is 46.7 Å². The normalized spacial score (nSPS) is 13.7. The first-order chi connectivity index (χ1) is 23.8. The molecule has 2 atom stereocenters. The Labute approximate surface area is 326 Å². The number of nitrogens with one attached hydrogen (secondary N) is 1. The molecule has 0 amide bonds. The standard InChI is InChI=1S/C21H35BCl2N2O3.C16H24Cl2N2O2/c1-16-13-17(26(11-9-23)12-10-24)7-8-18(16)21(5,15-25-22(6)28)14-19(27)29-20(2,3)4;1-12-9-13(20(7-5-17)8-6-18)3-4-14(12)16(2,11-19)10-15(21)22/h7-8,13,25,28H,9-12,14-15H2,1-6H3;3-4,9H,5-8,10-11,19H2,1-2H3,(H,21,22). The van der Waals surface area contributed by atoms with Crippen LogP contribution < -0.4 is 20.8 Å². The van der Waals surface area contributed by atoms with Crippen molar-refractivity contribution in [2.24, 2.45) is 5.73 Å². The summed E-state index contributed by atoms with van der Waals surface area (Å²) in [6.45, 7) is 18.8. The van der Waals surface area contributed by atoms with Gasteiger partial charge in [0.25, 0.3) is 0 Å². The van der Waals surface area contributed by atoms with Gasteiger partial charge in [-0.2, -0.15) is 0 Å². The van der Waals surface area contributed by atoms with Gasteiger partial charge in [-0.15, -0.1) is 46.4 Å². The summed E-state index contributed by atoms with van der Waals surface area (Å²) in [7, 11) is -0.671. The fourth-order valence-electron chi connectivity index (χ4n) is 6.12. The van der Waals surface area contributed by atoms with Gasteiger partial charge in [0.05, 0.1) is 12.8 Å². The molecule has 0 aromatic heterocycles. The number of aryl methyl sites for hydroxylation is 2. The number of halogens is 4. The highest BCUT2D eigenvalue weighted by Gasteiger charge is 2.34. The minimum Gasteiger partial charge on any atom is -0.481 e. The van der Waals surface area contributed by atoms with Crippen LogP contribution in [0.5, 0.6) is 0 Å². The second kappa shape index (κ2) is 22.3. The van der Waals surface area contributed by atoms with Crippen LogP contribution in [0.1, 0.15) is 69.7 Å². The van der Waals surface area contributed by atoms with Crippen LogP contribution in [0.4, 0.5) is 11.4 Å². The summed E-state index contributed by atoms with van der Waals surface area (Å²) in [5.74, 6) is 0.983. The lowest BCUT2D eigenvalue weighted by Gasteiger charge is -2.34. The first-order valence-electron chi connectivity index (χ1n) is 17.3. The Bertz CT molecular complexity index is 1370. The number of nitrogens with zero attached hydrogens (tertiary/aromatic N) is 2. The second-order valence-electron chi connectivity index (χ2n) is 14.4. The molecule has 0 saturated heterocycles. The van der Waals surface area contributed by atoms with Crippen LogP contribution in [0.3, 0.4) is 0 Å². The molecule has 5 N–H and O–H groups in total. The number of benzene rings is 2. The van der Waals surface area contributed by atoms with Crippen molar-refractivity contribution in [1.82, 2.24) is 5.23 Å². The molecule has 0 spiro atoms. The monoisotopic (exact) mass is 790 g/mol. The number of carbonyl (C=O) groups excluding carboxylic acids is 1. The summed E-state index contributed by atoms with van der Waals surface area (Å²) in [5.41, 5.74) is 10.4. The molecule has 14 heteroatoms. The fourth-order valence-corrected chi connectivity index (χ4v) is 6.94. The zero-order chi connectivity index (χ0) is 39.0. The van der Waals surface area contributed by atoms with Crippen LogP contribution >= 0.6 is 46.4 Å². The van der Waals surface area contributed by atoms with Gasteiger partial charge in [0.15, 0.2) is 0 Å². The molecule has 0 aliphatic heterocycles. The Morgan fingerprint density at radius 3 is 1.51 bits per heavy atom. The summed E-state index contributed by atoms with van der Waals surface area (Å²) in [4.78, 5) is 28.0. The van der Waals surface area contributed by atoms with Crippen LogP contribution in [0, 0.1) is 13.8 Å². The number of aliphatic carboxylic acids is 1. The number of hydrogen-bond acceptors (Lipinski definition) is 8. The van der Waals surface area contributed by atoms with E-state index in [9.17, 15) is 14.6 Å². The summed E-state index contributed by atoms with van der Waals surface area (Å²) in [6.07, 6.45) is 0.216. The molecule has 0 fully saturated rings. The molecule has 2 rings (SSSR count). The van der Waals surface area contributed by atoms with Crippen molar-refractivity contribution < 1.29 is 24.5 Å². The van der Waals surface area contributed by atoms with Crippen LogP contribution in [0.2, 0.25) is 6.82 Å². The van der Waals surface area contributed by atoms with Crippen molar-refractivity contribution in [1.29, 1.82) is 0 Å². The van der Waals surface area contributed by atoms with E-state index in [2.05, 4.69) is 21.1 Å². The van der Waals surface area contributed by atoms with E-state index in [1.807, 2.05) is 78.8 Å². The van der Waals surface area contributed by atoms with Crippen LogP contribution in [0.25, 0.3) is 0 Å². The summed E-state index contributed by atoms with van der Waals surface area (Å²) < 4.78 is 5.56. The predicted octanol–water partition coefficient (Wildman–Crippen LogP) is 6.94. The van der Waals surface area contributed by atoms with Gasteiger partial charge in [0.1, 0.15) is 5.60 Å². The highest BCUT2D eigenvalue weighted by Crippen LogP contribution is 2.34. The van der Waals surface area contributed by atoms with E-state index in [4.69, 9.17) is 62.0 Å². The number of alkyl halides is 4. The molecule has 2 aromatic carbocycles. The molecule has 51 heavy (non-hydrogen) atoms. The quantitative estimate of drug-likeness (QED) is 0.0641. The summed E-state index contributed by atoms with van der Waals surface area (Å²) >= 11 is 23.6. The number of carbonyl (C=O) groups is 2. The van der Waals surface area contributed by atoms with E-state index in [0.29, 0.717) is 43.2 Å². The first-order valence-corrected chi connectivity index (χ1v) is 19.4. The number of esters is 1. The Balaban J connectivity index is 0.000000530. The average molecular weight is 793 g/mol. The van der Waals surface area contributed by atoms with Crippen molar-refractivity contribution in [3.63, 3.8) is 0 Å². The smallest absolute Gasteiger partial charge is 0.373 e. The van der Waals surface area contributed by atoms with Gasteiger partial charge >= 0.3 is 19.0 Å². The van der Waals surface area contributed by atoms with Crippen molar-refractivity contribution in [3.05, 3.63) is 58.7 Å². The third kappa shape index (κ3) is 15.9. The highest BCUT2D eigenvalue weighted by atomic mass is 35.5. The van der Waals surface area contributed by atoms with Crippen molar-refractivity contribution in [3.8, 4) is 0 Å². The maximum atomic E-state index is 12.6. The highest BCUT2D eigenvalue weighted by molar-refractivity contribution is 6.45. The summed E-state index contributed by atoms with van der Waals surface area (Å²) in [5, 5.41) is 21.9. The second-order valence-corrected chi connectivity index (χ2v) is 16.0. The molecular weight excluding hydrogens is 733 g/mol. The van der Waals surface area contributed by atoms with Gasteiger partial charge in [0.2, 0.25) is 0 Å². The van der Waals surface area contributed by atoms with E-state index < -0.39 is 29.5 Å². The predicted molar refractivity (Wildman–Crippen MR) is 218 cm³/mol. The number of carboxylic acids is 1. The van der Waals surface area contributed by atoms with E-state index >= 15 is 0 Å². The molecular formula is C37H59BCl4N4O5. The summed E-state index contributed by atoms with van der Waals surface area (Å²) in [6, 6.07) is 12.2. The molecule has 0 aliphatic carbocycles.